The molecule has 3 aromatic rings. The SMILES string of the molecule is Cc1cc(CSc2ccccc2C(=O)N2CCN(S(=O)(=O)c3cc(C)sc3C)CC2)on1. The van der Waals surface area contributed by atoms with Gasteiger partial charge in [-0.05, 0) is 39.0 Å². The van der Waals surface area contributed by atoms with Crippen molar-refractivity contribution in [3.8, 4) is 0 Å². The first kappa shape index (κ1) is 23.0. The Kier molecular flexibility index (Phi) is 6.75. The van der Waals surface area contributed by atoms with E-state index in [1.165, 1.54) is 27.4 Å². The van der Waals surface area contributed by atoms with Crippen LogP contribution in [0.15, 0.2) is 50.7 Å². The molecule has 4 rings (SSSR count). The van der Waals surface area contributed by atoms with Crippen molar-refractivity contribution in [1.29, 1.82) is 0 Å². The van der Waals surface area contributed by atoms with Gasteiger partial charge in [0.15, 0.2) is 0 Å². The summed E-state index contributed by atoms with van der Waals surface area (Å²) in [5.74, 6) is 1.25. The Morgan fingerprint density at radius 2 is 1.84 bits per heavy atom. The molecule has 1 aliphatic rings. The molecule has 0 bridgehead atoms. The summed E-state index contributed by atoms with van der Waals surface area (Å²) in [7, 11) is -3.55. The van der Waals surface area contributed by atoms with Crippen LogP contribution in [-0.4, -0.2) is 54.9 Å². The van der Waals surface area contributed by atoms with Crippen molar-refractivity contribution in [1.82, 2.24) is 14.4 Å². The fourth-order valence-electron chi connectivity index (χ4n) is 3.71. The maximum absolute atomic E-state index is 13.2. The minimum atomic E-state index is -3.55. The monoisotopic (exact) mass is 491 g/mol. The Labute approximate surface area is 196 Å². The van der Waals surface area contributed by atoms with Gasteiger partial charge in [0.25, 0.3) is 5.91 Å². The summed E-state index contributed by atoms with van der Waals surface area (Å²) in [6.07, 6.45) is 0. The van der Waals surface area contributed by atoms with Crippen molar-refractivity contribution in [2.75, 3.05) is 26.2 Å². The number of nitrogens with zero attached hydrogens (tertiary/aromatic N) is 3. The van der Waals surface area contributed by atoms with Crippen LogP contribution < -0.4 is 0 Å². The van der Waals surface area contributed by atoms with Crippen molar-refractivity contribution < 1.29 is 17.7 Å². The van der Waals surface area contributed by atoms with Crippen LogP contribution in [0, 0.1) is 20.8 Å². The molecule has 1 fully saturated rings. The highest BCUT2D eigenvalue weighted by Gasteiger charge is 2.32. The number of hydrogen-bond acceptors (Lipinski definition) is 7. The number of amides is 1. The van der Waals surface area contributed by atoms with Gasteiger partial charge in [0.05, 0.1) is 21.9 Å². The first-order chi connectivity index (χ1) is 15.3. The van der Waals surface area contributed by atoms with Crippen molar-refractivity contribution in [2.24, 2.45) is 0 Å². The van der Waals surface area contributed by atoms with Crippen molar-refractivity contribution in [2.45, 2.75) is 36.3 Å². The molecular formula is C22H25N3O4S3. The van der Waals surface area contributed by atoms with Gasteiger partial charge in [0.2, 0.25) is 10.0 Å². The van der Waals surface area contributed by atoms with E-state index < -0.39 is 10.0 Å². The number of piperazine rings is 1. The molecule has 7 nitrogen and oxygen atoms in total. The van der Waals surface area contributed by atoms with E-state index in [2.05, 4.69) is 5.16 Å². The summed E-state index contributed by atoms with van der Waals surface area (Å²) in [4.78, 5) is 18.0. The van der Waals surface area contributed by atoms with Gasteiger partial charge < -0.3 is 9.42 Å². The van der Waals surface area contributed by atoms with E-state index in [1.807, 2.05) is 51.1 Å². The van der Waals surface area contributed by atoms with Gasteiger partial charge in [-0.1, -0.05) is 17.3 Å². The largest absolute Gasteiger partial charge is 0.360 e. The zero-order valence-electron chi connectivity index (χ0n) is 18.2. The van der Waals surface area contributed by atoms with E-state index >= 15 is 0 Å². The Morgan fingerprint density at radius 3 is 2.47 bits per heavy atom. The maximum Gasteiger partial charge on any atom is 0.255 e. The number of carbonyl (C=O) groups is 1. The second kappa shape index (κ2) is 9.38. The number of carbonyl (C=O) groups excluding carboxylic acids is 1. The average molecular weight is 492 g/mol. The lowest BCUT2D eigenvalue weighted by atomic mass is 10.2. The summed E-state index contributed by atoms with van der Waals surface area (Å²) >= 11 is 3.01. The number of sulfonamides is 1. The minimum Gasteiger partial charge on any atom is -0.360 e. The Morgan fingerprint density at radius 1 is 1.12 bits per heavy atom. The lowest BCUT2D eigenvalue weighted by Gasteiger charge is -2.34. The second-order valence-corrected chi connectivity index (χ2v) is 12.1. The molecule has 3 heterocycles. The molecule has 0 saturated carbocycles. The molecule has 0 N–H and O–H groups in total. The average Bonchev–Trinajstić information content (AvgIpc) is 3.36. The Hall–Kier alpha value is -2.14. The van der Waals surface area contributed by atoms with Crippen molar-refractivity contribution in [3.05, 3.63) is 63.2 Å². The van der Waals surface area contributed by atoms with Gasteiger partial charge in [-0.3, -0.25) is 4.79 Å². The van der Waals surface area contributed by atoms with E-state index in [9.17, 15) is 13.2 Å². The van der Waals surface area contributed by atoms with Gasteiger partial charge in [-0.25, -0.2) is 8.42 Å². The highest BCUT2D eigenvalue weighted by Crippen LogP contribution is 2.30. The molecule has 170 valence electrons. The normalized spacial score (nSPS) is 15.3. The number of aromatic nitrogens is 1. The van der Waals surface area contributed by atoms with Gasteiger partial charge in [0.1, 0.15) is 5.76 Å². The van der Waals surface area contributed by atoms with Crippen LogP contribution >= 0.6 is 23.1 Å². The third-order valence-corrected chi connectivity index (χ3v) is 9.52. The number of benzene rings is 1. The zero-order chi connectivity index (χ0) is 22.9. The van der Waals surface area contributed by atoms with E-state index in [1.54, 1.807) is 11.0 Å². The smallest absolute Gasteiger partial charge is 0.255 e. The molecule has 0 radical (unpaired) electrons. The topological polar surface area (TPSA) is 83.7 Å². The summed E-state index contributed by atoms with van der Waals surface area (Å²) in [5.41, 5.74) is 1.44. The van der Waals surface area contributed by atoms with Gasteiger partial charge >= 0.3 is 0 Å². The number of thioether (sulfide) groups is 1. The van der Waals surface area contributed by atoms with Crippen LogP contribution in [0.1, 0.15) is 31.6 Å². The van der Waals surface area contributed by atoms with Crippen LogP contribution in [0.4, 0.5) is 0 Å². The van der Waals surface area contributed by atoms with Crippen molar-refractivity contribution in [3.63, 3.8) is 0 Å². The quantitative estimate of drug-likeness (QED) is 0.483. The molecule has 1 aliphatic heterocycles. The lowest BCUT2D eigenvalue weighted by molar-refractivity contribution is 0.0694. The molecule has 0 atom stereocenters. The number of thiophene rings is 1. The van der Waals surface area contributed by atoms with Crippen LogP contribution in [0.2, 0.25) is 0 Å². The Balaban J connectivity index is 1.43. The number of hydrogen-bond donors (Lipinski definition) is 0. The van der Waals surface area contributed by atoms with E-state index in [4.69, 9.17) is 4.52 Å². The van der Waals surface area contributed by atoms with Gasteiger partial charge in [-0.15, -0.1) is 23.1 Å². The number of aryl methyl sites for hydroxylation is 3. The molecule has 10 heteroatoms. The van der Waals surface area contributed by atoms with E-state index in [0.717, 1.165) is 26.1 Å². The predicted octanol–water partition coefficient (Wildman–Crippen LogP) is 4.10. The third kappa shape index (κ3) is 4.78. The van der Waals surface area contributed by atoms with Crippen LogP contribution in [0.25, 0.3) is 0 Å². The highest BCUT2D eigenvalue weighted by molar-refractivity contribution is 7.98. The molecule has 32 heavy (non-hydrogen) atoms. The van der Waals surface area contributed by atoms with Gasteiger partial charge in [-0.2, -0.15) is 4.31 Å². The van der Waals surface area contributed by atoms with E-state index in [0.29, 0.717) is 29.3 Å². The first-order valence-corrected chi connectivity index (χ1v) is 13.5. The summed E-state index contributed by atoms with van der Waals surface area (Å²) < 4.78 is 32.9. The summed E-state index contributed by atoms with van der Waals surface area (Å²) in [6, 6.07) is 11.1. The van der Waals surface area contributed by atoms with Crippen LogP contribution in [0.3, 0.4) is 0 Å². The minimum absolute atomic E-state index is 0.0820. The maximum atomic E-state index is 13.2. The molecule has 0 unspecified atom stereocenters. The summed E-state index contributed by atoms with van der Waals surface area (Å²) in [5, 5.41) is 3.90. The fourth-order valence-corrected chi connectivity index (χ4v) is 7.57. The Bertz CT molecular complexity index is 1220. The van der Waals surface area contributed by atoms with Crippen LogP contribution in [-0.2, 0) is 15.8 Å². The molecule has 0 spiro atoms. The summed E-state index contributed by atoms with van der Waals surface area (Å²) in [6.45, 7) is 6.91. The molecular weight excluding hydrogens is 466 g/mol. The lowest BCUT2D eigenvalue weighted by Crippen LogP contribution is -2.50. The van der Waals surface area contributed by atoms with Crippen LogP contribution in [0.5, 0.6) is 0 Å². The first-order valence-electron chi connectivity index (χ1n) is 10.3. The predicted molar refractivity (Wildman–Crippen MR) is 126 cm³/mol. The van der Waals surface area contributed by atoms with Crippen molar-refractivity contribution >= 4 is 39.0 Å². The van der Waals surface area contributed by atoms with Gasteiger partial charge in [0, 0.05) is 46.9 Å². The second-order valence-electron chi connectivity index (χ2n) is 7.69. The standard InChI is InChI=1S/C22H25N3O4S3/c1-15-12-18(29-23-15)14-30-20-7-5-4-6-19(20)22(26)24-8-10-25(11-9-24)32(27,28)21-13-16(2)31-17(21)3/h4-7,12-13H,8-11,14H2,1-3H3. The molecule has 1 aromatic carbocycles. The molecule has 1 amide bonds. The highest BCUT2D eigenvalue weighted by atomic mass is 32.2. The molecule has 1 saturated heterocycles. The fraction of sp³-hybridized carbons (Fsp3) is 0.364. The number of rotatable bonds is 6. The van der Waals surface area contributed by atoms with E-state index in [-0.39, 0.29) is 19.0 Å². The zero-order valence-corrected chi connectivity index (χ0v) is 20.6. The molecule has 0 aliphatic carbocycles. The molecule has 2 aromatic heterocycles. The third-order valence-electron chi connectivity index (χ3n) is 5.30.